The third kappa shape index (κ3) is 4.69. The fourth-order valence-electron chi connectivity index (χ4n) is 2.96. The number of aromatic amines is 1. The smallest absolute Gasteiger partial charge is 0.251 e. The van der Waals surface area contributed by atoms with Crippen molar-refractivity contribution in [1.29, 1.82) is 0 Å². The molecule has 156 valence electrons. The van der Waals surface area contributed by atoms with Gasteiger partial charge in [-0.3, -0.25) is 9.78 Å². The Morgan fingerprint density at radius 3 is 2.68 bits per heavy atom. The van der Waals surface area contributed by atoms with Gasteiger partial charge in [-0.25, -0.2) is 8.78 Å². The first-order chi connectivity index (χ1) is 15.0. The Bertz CT molecular complexity index is 1210. The van der Waals surface area contributed by atoms with Gasteiger partial charge in [0.2, 0.25) is 5.82 Å². The molecular formula is C21H16F2N6O2. The molecule has 0 saturated carbocycles. The molecule has 0 bridgehead atoms. The van der Waals surface area contributed by atoms with Crippen molar-refractivity contribution < 1.29 is 18.3 Å². The summed E-state index contributed by atoms with van der Waals surface area (Å²) in [6, 6.07) is 11.5. The monoisotopic (exact) mass is 422 g/mol. The molecule has 0 spiro atoms. The summed E-state index contributed by atoms with van der Waals surface area (Å²) in [6.45, 7) is 1.73. The van der Waals surface area contributed by atoms with Crippen molar-refractivity contribution in [3.8, 4) is 23.0 Å². The molecule has 0 atom stereocenters. The van der Waals surface area contributed by atoms with Crippen molar-refractivity contribution in [1.82, 2.24) is 30.9 Å². The van der Waals surface area contributed by atoms with E-state index in [0.29, 0.717) is 39.7 Å². The summed E-state index contributed by atoms with van der Waals surface area (Å²) in [6.07, 6.45) is 1.55. The number of benzene rings is 2. The van der Waals surface area contributed by atoms with Crippen LogP contribution in [0.1, 0.15) is 21.5 Å². The number of nitrogens with one attached hydrogen (secondary N) is 2. The molecule has 0 aliphatic rings. The summed E-state index contributed by atoms with van der Waals surface area (Å²) in [5.41, 5.74) is 1.77. The lowest BCUT2D eigenvalue weighted by Crippen LogP contribution is -2.23. The van der Waals surface area contributed by atoms with E-state index < -0.39 is 17.5 Å². The second kappa shape index (κ2) is 8.66. The maximum atomic E-state index is 13.3. The number of hydrogen-bond donors (Lipinski definition) is 2. The molecule has 4 aromatic rings. The minimum absolute atomic E-state index is 0.0174. The van der Waals surface area contributed by atoms with Crippen molar-refractivity contribution in [2.75, 3.05) is 0 Å². The molecule has 2 heterocycles. The molecule has 2 N–H and O–H groups in total. The number of tetrazole rings is 1. The number of nitrogens with zero attached hydrogens (tertiary/aromatic N) is 4. The Morgan fingerprint density at radius 1 is 1.13 bits per heavy atom. The van der Waals surface area contributed by atoms with Gasteiger partial charge in [0.25, 0.3) is 5.91 Å². The number of pyridine rings is 1. The maximum absolute atomic E-state index is 13.3. The van der Waals surface area contributed by atoms with Gasteiger partial charge < -0.3 is 10.1 Å². The van der Waals surface area contributed by atoms with E-state index in [9.17, 15) is 13.6 Å². The van der Waals surface area contributed by atoms with E-state index >= 15 is 0 Å². The Hall–Kier alpha value is -4.21. The summed E-state index contributed by atoms with van der Waals surface area (Å²) in [4.78, 5) is 16.8. The normalized spacial score (nSPS) is 10.7. The molecule has 0 unspecified atom stereocenters. The first-order valence-corrected chi connectivity index (χ1v) is 9.20. The van der Waals surface area contributed by atoms with Crippen molar-refractivity contribution in [3.63, 3.8) is 0 Å². The third-order valence-electron chi connectivity index (χ3n) is 4.44. The lowest BCUT2D eigenvalue weighted by molar-refractivity contribution is 0.0950. The van der Waals surface area contributed by atoms with Gasteiger partial charge in [0.15, 0.2) is 0 Å². The fraction of sp³-hybridized carbons (Fsp3) is 0.0952. The lowest BCUT2D eigenvalue weighted by atomic mass is 10.1. The predicted molar refractivity (Wildman–Crippen MR) is 106 cm³/mol. The molecule has 10 heteroatoms. The van der Waals surface area contributed by atoms with Gasteiger partial charge in [-0.15, -0.1) is 10.2 Å². The van der Waals surface area contributed by atoms with Gasteiger partial charge in [-0.05, 0) is 48.0 Å². The van der Waals surface area contributed by atoms with E-state index in [-0.39, 0.29) is 6.54 Å². The number of H-pyrrole nitrogens is 1. The van der Waals surface area contributed by atoms with Gasteiger partial charge in [0.05, 0.1) is 0 Å². The van der Waals surface area contributed by atoms with Gasteiger partial charge in [-0.2, -0.15) is 5.21 Å². The van der Waals surface area contributed by atoms with Crippen LogP contribution in [0, 0.1) is 18.6 Å². The van der Waals surface area contributed by atoms with E-state index in [1.54, 1.807) is 43.5 Å². The van der Waals surface area contributed by atoms with Gasteiger partial charge in [0, 0.05) is 36.0 Å². The molecular weight excluding hydrogens is 406 g/mol. The second-order valence-electron chi connectivity index (χ2n) is 6.60. The first-order valence-electron chi connectivity index (χ1n) is 9.20. The van der Waals surface area contributed by atoms with Crippen LogP contribution in [0.2, 0.25) is 0 Å². The Morgan fingerprint density at radius 2 is 1.94 bits per heavy atom. The van der Waals surface area contributed by atoms with Crippen LogP contribution in [0.4, 0.5) is 8.78 Å². The highest BCUT2D eigenvalue weighted by molar-refractivity contribution is 5.96. The van der Waals surface area contributed by atoms with Gasteiger partial charge in [-0.1, -0.05) is 6.07 Å². The van der Waals surface area contributed by atoms with Crippen LogP contribution in [-0.2, 0) is 6.54 Å². The molecule has 2 aromatic carbocycles. The van der Waals surface area contributed by atoms with Crippen LogP contribution < -0.4 is 10.1 Å². The fourth-order valence-corrected chi connectivity index (χ4v) is 2.96. The predicted octanol–water partition coefficient (Wildman–Crippen LogP) is 3.57. The number of amides is 1. The first kappa shape index (κ1) is 20.1. The summed E-state index contributed by atoms with van der Waals surface area (Å²) in [7, 11) is 0. The zero-order valence-corrected chi connectivity index (χ0v) is 16.3. The van der Waals surface area contributed by atoms with Crippen LogP contribution >= 0.6 is 0 Å². The Labute approximate surface area is 175 Å². The molecule has 31 heavy (non-hydrogen) atoms. The number of halogens is 2. The molecule has 0 aliphatic carbocycles. The molecule has 0 aliphatic heterocycles. The highest BCUT2D eigenvalue weighted by Gasteiger charge is 2.14. The zero-order chi connectivity index (χ0) is 21.8. The number of carbonyl (C=O) groups is 1. The number of carbonyl (C=O) groups excluding carboxylic acids is 1. The summed E-state index contributed by atoms with van der Waals surface area (Å²) >= 11 is 0. The van der Waals surface area contributed by atoms with E-state index in [4.69, 9.17) is 4.74 Å². The Balaban J connectivity index is 1.50. The Kier molecular flexibility index (Phi) is 5.61. The quantitative estimate of drug-likeness (QED) is 0.492. The van der Waals surface area contributed by atoms with Crippen molar-refractivity contribution in [2.45, 2.75) is 13.5 Å². The van der Waals surface area contributed by atoms with Crippen molar-refractivity contribution >= 4 is 5.91 Å². The van der Waals surface area contributed by atoms with Crippen LogP contribution in [-0.4, -0.2) is 31.5 Å². The minimum atomic E-state index is -0.701. The van der Waals surface area contributed by atoms with E-state index in [1.807, 2.05) is 0 Å². The van der Waals surface area contributed by atoms with Crippen LogP contribution in [0.5, 0.6) is 11.5 Å². The maximum Gasteiger partial charge on any atom is 0.251 e. The average molecular weight is 422 g/mol. The number of rotatable bonds is 6. The van der Waals surface area contributed by atoms with E-state index in [1.165, 1.54) is 12.1 Å². The summed E-state index contributed by atoms with van der Waals surface area (Å²) < 4.78 is 32.6. The SMILES string of the molecule is Cc1c(Oc2ccnc(-c3nn[nH]n3)c2)cccc1C(=O)NCc1cc(F)cc(F)c1. The minimum Gasteiger partial charge on any atom is -0.457 e. The highest BCUT2D eigenvalue weighted by atomic mass is 19.1. The van der Waals surface area contributed by atoms with Crippen molar-refractivity contribution in [2.24, 2.45) is 0 Å². The highest BCUT2D eigenvalue weighted by Crippen LogP contribution is 2.28. The number of ether oxygens (including phenoxy) is 1. The molecule has 1 amide bonds. The van der Waals surface area contributed by atoms with Crippen molar-refractivity contribution in [3.05, 3.63) is 83.1 Å². The molecule has 2 aromatic heterocycles. The van der Waals surface area contributed by atoms with Gasteiger partial charge >= 0.3 is 0 Å². The second-order valence-corrected chi connectivity index (χ2v) is 6.60. The largest absolute Gasteiger partial charge is 0.457 e. The summed E-state index contributed by atoms with van der Waals surface area (Å²) in [5.74, 6) is -0.527. The van der Waals surface area contributed by atoms with E-state index in [2.05, 4.69) is 30.9 Å². The zero-order valence-electron chi connectivity index (χ0n) is 16.3. The molecule has 0 saturated heterocycles. The number of aromatic nitrogens is 5. The topological polar surface area (TPSA) is 106 Å². The van der Waals surface area contributed by atoms with Gasteiger partial charge in [0.1, 0.15) is 28.8 Å². The molecule has 8 nitrogen and oxygen atoms in total. The molecule has 4 rings (SSSR count). The average Bonchev–Trinajstić information content (AvgIpc) is 3.28. The van der Waals surface area contributed by atoms with E-state index in [0.717, 1.165) is 6.07 Å². The number of hydrogen-bond acceptors (Lipinski definition) is 6. The lowest BCUT2D eigenvalue weighted by Gasteiger charge is -2.13. The standard InChI is InChI=1S/C21H16F2N6O2/c1-12-17(21(30)25-11-13-7-14(22)9-15(23)8-13)3-2-4-19(12)31-16-5-6-24-18(10-16)20-26-28-29-27-20/h2-10H,11H2,1H3,(H,25,30)(H,26,27,28,29). The van der Waals surface area contributed by atoms with Crippen LogP contribution in [0.3, 0.4) is 0 Å². The molecule has 0 radical (unpaired) electrons. The van der Waals surface area contributed by atoms with Crippen LogP contribution in [0.25, 0.3) is 11.5 Å². The third-order valence-corrected chi connectivity index (χ3v) is 4.44. The van der Waals surface area contributed by atoms with Crippen LogP contribution in [0.15, 0.2) is 54.7 Å². The molecule has 0 fully saturated rings. The summed E-state index contributed by atoms with van der Waals surface area (Å²) in [5, 5.41) is 16.3.